The van der Waals surface area contributed by atoms with Gasteiger partial charge in [0.05, 0.1) is 0 Å². The van der Waals surface area contributed by atoms with Crippen LogP contribution in [0.3, 0.4) is 0 Å². The van der Waals surface area contributed by atoms with Gasteiger partial charge in [-0.25, -0.2) is 0 Å². The third-order valence-electron chi connectivity index (χ3n) is 0.629. The van der Waals surface area contributed by atoms with E-state index in [0.717, 1.165) is 0 Å². The summed E-state index contributed by atoms with van der Waals surface area (Å²) in [7, 11) is -1.46. The summed E-state index contributed by atoms with van der Waals surface area (Å²) >= 11 is 5.92. The highest BCUT2D eigenvalue weighted by Gasteiger charge is 2.09. The summed E-state index contributed by atoms with van der Waals surface area (Å²) in [6.07, 6.45) is 3.65. The second kappa shape index (κ2) is 3.10. The minimum Gasteiger partial charge on any atom is -0.162 e. The van der Waals surface area contributed by atoms with Crippen molar-refractivity contribution < 1.29 is 0 Å². The molecule has 0 aliphatic heterocycles. The predicted molar refractivity (Wildman–Crippen MR) is 42.7 cm³/mol. The molecule has 0 aliphatic carbocycles. The van der Waals surface area contributed by atoms with Crippen molar-refractivity contribution in [2.75, 3.05) is 0 Å². The predicted octanol–water partition coefficient (Wildman–Crippen LogP) is 2.71. The van der Waals surface area contributed by atoms with Gasteiger partial charge in [-0.2, -0.15) is 11.1 Å². The molecule has 0 unspecified atom stereocenters. The quantitative estimate of drug-likeness (QED) is 0.319. The molecule has 0 atom stereocenters. The van der Waals surface area contributed by atoms with E-state index in [1.807, 2.05) is 11.8 Å². The standard InChI is InChI=1S/C6H11ClSi/c1-4-5-6-8(2,3)7/h4-6H,1H2,2-3H3/b6-5+. The topological polar surface area (TPSA) is 0 Å². The van der Waals surface area contributed by atoms with Gasteiger partial charge in [-0.15, -0.1) is 0 Å². The summed E-state index contributed by atoms with van der Waals surface area (Å²) in [5, 5.41) is 0. The van der Waals surface area contributed by atoms with Gasteiger partial charge in [0.1, 0.15) is 0 Å². The number of hydrogen-bond donors (Lipinski definition) is 0. The lowest BCUT2D eigenvalue weighted by Gasteiger charge is -2.02. The van der Waals surface area contributed by atoms with Crippen molar-refractivity contribution in [2.24, 2.45) is 0 Å². The largest absolute Gasteiger partial charge is 0.173 e. The van der Waals surface area contributed by atoms with Crippen LogP contribution in [0.1, 0.15) is 0 Å². The van der Waals surface area contributed by atoms with Gasteiger partial charge in [0.2, 0.25) is 0 Å². The zero-order chi connectivity index (χ0) is 6.62. The highest BCUT2D eigenvalue weighted by molar-refractivity contribution is 7.21. The number of allylic oxidation sites excluding steroid dienone is 2. The van der Waals surface area contributed by atoms with E-state index >= 15 is 0 Å². The summed E-state index contributed by atoms with van der Waals surface area (Å²) in [4.78, 5) is 0. The number of rotatable bonds is 2. The van der Waals surface area contributed by atoms with Crippen molar-refractivity contribution in [3.8, 4) is 0 Å². The fraction of sp³-hybridized carbons (Fsp3) is 0.333. The molecule has 0 aliphatic rings. The molecule has 0 aromatic heterocycles. The number of hydrogen-bond acceptors (Lipinski definition) is 0. The van der Waals surface area contributed by atoms with Crippen molar-refractivity contribution in [3.63, 3.8) is 0 Å². The summed E-state index contributed by atoms with van der Waals surface area (Å²) in [5.41, 5.74) is 2.03. The molecule has 0 heterocycles. The Bertz CT molecular complexity index is 99.6. The van der Waals surface area contributed by atoms with E-state index in [4.69, 9.17) is 11.1 Å². The Hall–Kier alpha value is -0.0131. The van der Waals surface area contributed by atoms with Crippen LogP contribution in [0.5, 0.6) is 0 Å². The molecule has 0 aromatic rings. The molecule has 0 fully saturated rings. The van der Waals surface area contributed by atoms with Gasteiger partial charge in [-0.3, -0.25) is 0 Å². The molecule has 0 spiro atoms. The molecule has 0 saturated carbocycles. The second-order valence-corrected chi connectivity index (χ2v) is 8.54. The van der Waals surface area contributed by atoms with Crippen LogP contribution in [0, 0.1) is 0 Å². The lowest BCUT2D eigenvalue weighted by atomic mass is 10.6. The van der Waals surface area contributed by atoms with Gasteiger partial charge in [0.15, 0.2) is 7.38 Å². The molecular weight excluding hydrogens is 136 g/mol. The molecule has 8 heavy (non-hydrogen) atoms. The third kappa shape index (κ3) is 5.99. The van der Waals surface area contributed by atoms with Crippen molar-refractivity contribution in [1.29, 1.82) is 0 Å². The average molecular weight is 147 g/mol. The third-order valence-corrected chi connectivity index (χ3v) is 1.99. The van der Waals surface area contributed by atoms with Crippen molar-refractivity contribution in [3.05, 3.63) is 24.4 Å². The molecule has 0 amide bonds. The van der Waals surface area contributed by atoms with Gasteiger partial charge in [-0.1, -0.05) is 37.5 Å². The van der Waals surface area contributed by atoms with E-state index in [-0.39, 0.29) is 0 Å². The van der Waals surface area contributed by atoms with Crippen LogP contribution in [0.25, 0.3) is 0 Å². The Morgan fingerprint density at radius 3 is 2.12 bits per heavy atom. The van der Waals surface area contributed by atoms with Gasteiger partial charge >= 0.3 is 0 Å². The first-order valence-corrected chi connectivity index (χ1v) is 6.64. The lowest BCUT2D eigenvalue weighted by Crippen LogP contribution is -2.10. The molecule has 0 saturated heterocycles. The van der Waals surface area contributed by atoms with Gasteiger partial charge < -0.3 is 0 Å². The van der Waals surface area contributed by atoms with E-state index in [0.29, 0.717) is 0 Å². The number of halogens is 1. The fourth-order valence-corrected chi connectivity index (χ4v) is 1.11. The van der Waals surface area contributed by atoms with Crippen molar-refractivity contribution in [2.45, 2.75) is 13.1 Å². The van der Waals surface area contributed by atoms with Crippen molar-refractivity contribution in [1.82, 2.24) is 0 Å². The second-order valence-electron chi connectivity index (χ2n) is 2.16. The van der Waals surface area contributed by atoms with Gasteiger partial charge in [-0.05, 0) is 0 Å². The maximum atomic E-state index is 5.92. The zero-order valence-electron chi connectivity index (χ0n) is 5.32. The Labute approximate surface area is 56.6 Å². The van der Waals surface area contributed by atoms with Crippen LogP contribution in [0.4, 0.5) is 0 Å². The van der Waals surface area contributed by atoms with Crippen LogP contribution in [-0.4, -0.2) is 7.38 Å². The summed E-state index contributed by atoms with van der Waals surface area (Å²) in [6.45, 7) is 7.67. The normalized spacial score (nSPS) is 12.4. The summed E-state index contributed by atoms with van der Waals surface area (Å²) in [6, 6.07) is 0. The molecule has 0 radical (unpaired) electrons. The Kier molecular flexibility index (Phi) is 3.10. The molecule has 0 rings (SSSR count). The molecule has 0 nitrogen and oxygen atoms in total. The van der Waals surface area contributed by atoms with Crippen LogP contribution in [-0.2, 0) is 0 Å². The van der Waals surface area contributed by atoms with E-state index in [1.54, 1.807) is 6.08 Å². The minimum absolute atomic E-state index is 1.46. The van der Waals surface area contributed by atoms with Gasteiger partial charge in [0.25, 0.3) is 0 Å². The van der Waals surface area contributed by atoms with E-state index in [2.05, 4.69) is 19.7 Å². The van der Waals surface area contributed by atoms with E-state index in [1.165, 1.54) is 0 Å². The molecule has 2 heteroatoms. The maximum absolute atomic E-state index is 5.92. The summed E-state index contributed by atoms with van der Waals surface area (Å²) < 4.78 is 0. The first kappa shape index (κ1) is 7.99. The molecule has 0 aromatic carbocycles. The van der Waals surface area contributed by atoms with Gasteiger partial charge in [0, 0.05) is 0 Å². The summed E-state index contributed by atoms with van der Waals surface area (Å²) in [5.74, 6) is 0. The monoisotopic (exact) mass is 146 g/mol. The lowest BCUT2D eigenvalue weighted by molar-refractivity contribution is 1.92. The molecule has 0 bridgehead atoms. The van der Waals surface area contributed by atoms with Crippen molar-refractivity contribution >= 4 is 18.5 Å². The Balaban J connectivity index is 3.69. The SMILES string of the molecule is C=C/C=C/[Si](C)(C)Cl. The highest BCUT2D eigenvalue weighted by Crippen LogP contribution is 2.07. The zero-order valence-corrected chi connectivity index (χ0v) is 7.07. The Morgan fingerprint density at radius 1 is 1.50 bits per heavy atom. The van der Waals surface area contributed by atoms with Crippen LogP contribution in [0.15, 0.2) is 24.4 Å². The van der Waals surface area contributed by atoms with Crippen LogP contribution in [0.2, 0.25) is 13.1 Å². The van der Waals surface area contributed by atoms with E-state index < -0.39 is 7.38 Å². The van der Waals surface area contributed by atoms with E-state index in [9.17, 15) is 0 Å². The molecule has 46 valence electrons. The van der Waals surface area contributed by atoms with Crippen LogP contribution < -0.4 is 0 Å². The average Bonchev–Trinajstić information content (AvgIpc) is 1.59. The molecule has 0 N–H and O–H groups in total. The Morgan fingerprint density at radius 2 is 2.00 bits per heavy atom. The highest BCUT2D eigenvalue weighted by atomic mass is 35.6. The fourth-order valence-electron chi connectivity index (χ4n) is 0.297. The maximum Gasteiger partial charge on any atom is 0.173 e. The molecular formula is C6H11ClSi. The first-order chi connectivity index (χ1) is 3.56. The smallest absolute Gasteiger partial charge is 0.162 e. The first-order valence-electron chi connectivity index (χ1n) is 2.55. The van der Waals surface area contributed by atoms with Crippen LogP contribution >= 0.6 is 11.1 Å². The minimum atomic E-state index is -1.46.